The zero-order chi connectivity index (χ0) is 20.5. The van der Waals surface area contributed by atoms with E-state index in [2.05, 4.69) is 15.9 Å². The first kappa shape index (κ1) is 20.0. The largest absolute Gasteiger partial charge is 0.448 e. The van der Waals surface area contributed by atoms with Crippen molar-refractivity contribution >= 4 is 38.6 Å². The molecule has 1 saturated heterocycles. The van der Waals surface area contributed by atoms with Crippen LogP contribution in [0, 0.1) is 0 Å². The molecule has 2 aromatic rings. The lowest BCUT2D eigenvalue weighted by Crippen LogP contribution is -2.72. The fraction of sp³-hybridized carbons (Fsp3) is 0.238. The van der Waals surface area contributed by atoms with Gasteiger partial charge in [0.2, 0.25) is 5.91 Å². The van der Waals surface area contributed by atoms with E-state index < -0.39 is 45.4 Å². The second kappa shape index (κ2) is 8.22. The third-order valence-corrected chi connectivity index (χ3v) is 8.02. The Morgan fingerprint density at radius 2 is 1.66 bits per heavy atom. The molecule has 8 heteroatoms. The van der Waals surface area contributed by atoms with Crippen molar-refractivity contribution in [2.24, 2.45) is 5.73 Å². The number of esters is 1. The predicted octanol–water partition coefficient (Wildman–Crippen LogP) is 2.22. The normalized spacial score (nSPS) is 25.8. The summed E-state index contributed by atoms with van der Waals surface area (Å²) in [4.78, 5) is 26.6. The number of nitrogens with two attached hydrogens (primary N) is 1. The SMILES string of the molecule is N[C@@H]1C(=O)N2C(C(=O)OC(c3ccccc3)c3ccccc3)=CC(CBr)[S@](=O)[C@H]12. The number of rotatable bonds is 5. The zero-order valence-electron chi connectivity index (χ0n) is 15.3. The quantitative estimate of drug-likeness (QED) is 0.407. The molecule has 0 aliphatic carbocycles. The summed E-state index contributed by atoms with van der Waals surface area (Å²) in [6, 6.07) is 17.9. The fourth-order valence-electron chi connectivity index (χ4n) is 3.52. The molecule has 2 aromatic carbocycles. The van der Waals surface area contributed by atoms with Crippen molar-refractivity contribution in [2.75, 3.05) is 5.33 Å². The molecule has 0 saturated carbocycles. The minimum atomic E-state index is -1.39. The smallest absolute Gasteiger partial charge is 0.355 e. The van der Waals surface area contributed by atoms with E-state index in [1.54, 1.807) is 6.08 Å². The standard InChI is InChI=1S/C21H19BrN2O4S/c22-12-15-11-16(24-19(25)17(23)20(24)29(15)27)21(26)28-18(13-7-3-1-4-8-13)14-9-5-2-6-10-14/h1-11,15,17-18,20H,12,23H2/t15?,17-,20-,29+/m1/s1. The first-order chi connectivity index (χ1) is 14.0. The van der Waals surface area contributed by atoms with Crippen LogP contribution in [0.1, 0.15) is 17.2 Å². The fourth-order valence-corrected chi connectivity index (χ4v) is 6.06. The number of β-lactam (4-membered cyclic amide) rings is 1. The van der Waals surface area contributed by atoms with Crippen molar-refractivity contribution in [2.45, 2.75) is 22.8 Å². The van der Waals surface area contributed by atoms with Crippen molar-refractivity contribution in [1.29, 1.82) is 0 Å². The third kappa shape index (κ3) is 3.56. The number of carbonyl (C=O) groups excluding carboxylic acids is 2. The minimum absolute atomic E-state index is 0.0996. The summed E-state index contributed by atoms with van der Waals surface area (Å²) in [6.45, 7) is 0. The third-order valence-electron chi connectivity index (χ3n) is 5.01. The van der Waals surface area contributed by atoms with Crippen molar-refractivity contribution in [1.82, 2.24) is 4.90 Å². The predicted molar refractivity (Wildman–Crippen MR) is 113 cm³/mol. The van der Waals surface area contributed by atoms with Gasteiger partial charge in [-0.05, 0) is 17.2 Å². The van der Waals surface area contributed by atoms with Crippen LogP contribution in [0.5, 0.6) is 0 Å². The van der Waals surface area contributed by atoms with Gasteiger partial charge in [0.1, 0.15) is 17.1 Å². The molecule has 0 radical (unpaired) electrons. The molecule has 2 aliphatic heterocycles. The Hall–Kier alpha value is -2.29. The maximum atomic E-state index is 13.1. The Morgan fingerprint density at radius 3 is 2.17 bits per heavy atom. The molecular weight excluding hydrogens is 456 g/mol. The van der Waals surface area contributed by atoms with Gasteiger partial charge in [-0.2, -0.15) is 0 Å². The van der Waals surface area contributed by atoms with Crippen LogP contribution in [0.25, 0.3) is 0 Å². The van der Waals surface area contributed by atoms with Crippen molar-refractivity contribution in [3.63, 3.8) is 0 Å². The number of benzene rings is 2. The molecule has 29 heavy (non-hydrogen) atoms. The van der Waals surface area contributed by atoms with E-state index in [1.165, 1.54) is 4.90 Å². The highest BCUT2D eigenvalue weighted by molar-refractivity contribution is 9.09. The second-order valence-corrected chi connectivity index (χ2v) is 9.20. The topological polar surface area (TPSA) is 89.7 Å². The van der Waals surface area contributed by atoms with Crippen LogP contribution in [0.3, 0.4) is 0 Å². The number of hydrogen-bond acceptors (Lipinski definition) is 5. The number of fused-ring (bicyclic) bond motifs is 1. The number of alkyl halides is 1. The molecule has 1 amide bonds. The number of amides is 1. The summed E-state index contributed by atoms with van der Waals surface area (Å²) in [7, 11) is -1.39. The van der Waals surface area contributed by atoms with Gasteiger partial charge in [-0.25, -0.2) is 4.79 Å². The highest BCUT2D eigenvalue weighted by Gasteiger charge is 2.55. The van der Waals surface area contributed by atoms with E-state index >= 15 is 0 Å². The van der Waals surface area contributed by atoms with Crippen molar-refractivity contribution in [3.05, 3.63) is 83.6 Å². The first-order valence-electron chi connectivity index (χ1n) is 9.09. The molecule has 2 aliphatic rings. The average molecular weight is 475 g/mol. The number of carbonyl (C=O) groups is 2. The molecule has 1 fully saturated rings. The molecule has 0 aromatic heterocycles. The molecule has 4 rings (SSSR count). The van der Waals surface area contributed by atoms with Crippen LogP contribution in [-0.2, 0) is 25.1 Å². The van der Waals surface area contributed by atoms with Crippen molar-refractivity contribution in [3.8, 4) is 0 Å². The number of halogens is 1. The van der Waals surface area contributed by atoms with Gasteiger partial charge >= 0.3 is 5.97 Å². The van der Waals surface area contributed by atoms with Gasteiger partial charge < -0.3 is 10.5 Å². The Kier molecular flexibility index (Phi) is 5.67. The van der Waals surface area contributed by atoms with Crippen LogP contribution < -0.4 is 5.73 Å². The summed E-state index contributed by atoms with van der Waals surface area (Å²) in [6.07, 6.45) is 0.907. The van der Waals surface area contributed by atoms with E-state index in [1.807, 2.05) is 60.7 Å². The van der Waals surface area contributed by atoms with E-state index in [4.69, 9.17) is 10.5 Å². The van der Waals surface area contributed by atoms with Gasteiger partial charge in [-0.1, -0.05) is 76.6 Å². The second-order valence-electron chi connectivity index (χ2n) is 6.80. The highest BCUT2D eigenvalue weighted by Crippen LogP contribution is 2.36. The Bertz CT molecular complexity index is 943. The Labute approximate surface area is 179 Å². The van der Waals surface area contributed by atoms with Gasteiger partial charge in [0.25, 0.3) is 0 Å². The van der Waals surface area contributed by atoms with Gasteiger partial charge in [0.15, 0.2) is 6.10 Å². The van der Waals surface area contributed by atoms with Gasteiger partial charge in [-0.3, -0.25) is 13.9 Å². The maximum Gasteiger partial charge on any atom is 0.355 e. The average Bonchev–Trinajstić information content (AvgIpc) is 2.77. The molecule has 1 unspecified atom stereocenters. The lowest BCUT2D eigenvalue weighted by atomic mass is 10.0. The molecule has 4 atom stereocenters. The molecule has 2 heterocycles. The number of hydrogen-bond donors (Lipinski definition) is 1. The highest BCUT2D eigenvalue weighted by atomic mass is 79.9. The van der Waals surface area contributed by atoms with E-state index in [-0.39, 0.29) is 5.70 Å². The minimum Gasteiger partial charge on any atom is -0.448 e. The van der Waals surface area contributed by atoms with Crippen LogP contribution in [0.2, 0.25) is 0 Å². The Balaban J connectivity index is 1.67. The molecule has 6 nitrogen and oxygen atoms in total. The summed E-state index contributed by atoms with van der Waals surface area (Å²) in [5.74, 6) is -1.06. The summed E-state index contributed by atoms with van der Waals surface area (Å²) >= 11 is 3.32. The molecule has 0 bridgehead atoms. The molecular formula is C21H19BrN2O4S. The van der Waals surface area contributed by atoms with Gasteiger partial charge in [0, 0.05) is 5.33 Å². The number of nitrogens with zero attached hydrogens (tertiary/aromatic N) is 1. The molecule has 2 N–H and O–H groups in total. The van der Waals surface area contributed by atoms with E-state index in [0.717, 1.165) is 11.1 Å². The maximum absolute atomic E-state index is 13.1. The summed E-state index contributed by atoms with van der Waals surface area (Å²) in [5, 5.41) is -0.739. The van der Waals surface area contributed by atoms with Gasteiger partial charge in [0.05, 0.1) is 16.0 Å². The Morgan fingerprint density at radius 1 is 1.10 bits per heavy atom. The van der Waals surface area contributed by atoms with Crippen LogP contribution in [-0.4, -0.2) is 43.0 Å². The summed E-state index contributed by atoms with van der Waals surface area (Å²) in [5.41, 5.74) is 7.58. The molecule has 150 valence electrons. The number of ether oxygens (including phenoxy) is 1. The van der Waals surface area contributed by atoms with E-state index in [9.17, 15) is 13.8 Å². The van der Waals surface area contributed by atoms with Crippen LogP contribution >= 0.6 is 15.9 Å². The lowest BCUT2D eigenvalue weighted by molar-refractivity contribution is -0.153. The van der Waals surface area contributed by atoms with Crippen LogP contribution in [0.4, 0.5) is 0 Å². The lowest BCUT2D eigenvalue weighted by Gasteiger charge is -2.48. The zero-order valence-corrected chi connectivity index (χ0v) is 17.7. The van der Waals surface area contributed by atoms with Crippen molar-refractivity contribution < 1.29 is 18.5 Å². The van der Waals surface area contributed by atoms with Crippen LogP contribution in [0.15, 0.2) is 72.4 Å². The molecule has 0 spiro atoms. The van der Waals surface area contributed by atoms with Gasteiger partial charge in [-0.15, -0.1) is 0 Å². The van der Waals surface area contributed by atoms with E-state index in [0.29, 0.717) is 5.33 Å². The first-order valence-corrected chi connectivity index (χ1v) is 11.5. The monoisotopic (exact) mass is 474 g/mol. The summed E-state index contributed by atoms with van der Waals surface area (Å²) < 4.78 is 18.5.